The van der Waals surface area contributed by atoms with Crippen LogP contribution in [0.5, 0.6) is 0 Å². The third-order valence-electron chi connectivity index (χ3n) is 4.41. The summed E-state index contributed by atoms with van der Waals surface area (Å²) < 4.78 is 0. The lowest BCUT2D eigenvalue weighted by molar-refractivity contribution is -0.135. The van der Waals surface area contributed by atoms with E-state index in [0.717, 1.165) is 5.56 Å². The van der Waals surface area contributed by atoms with Gasteiger partial charge >= 0.3 is 6.09 Å². The van der Waals surface area contributed by atoms with E-state index >= 15 is 0 Å². The molecule has 0 fully saturated rings. The number of amides is 2. The maximum atomic E-state index is 12.8. The smallest absolute Gasteiger partial charge is 0.408 e. The van der Waals surface area contributed by atoms with Crippen LogP contribution in [0.3, 0.4) is 0 Å². The molecule has 2 amide bonds. The summed E-state index contributed by atoms with van der Waals surface area (Å²) >= 11 is 5.87. The zero-order valence-corrected chi connectivity index (χ0v) is 15.0. The molecule has 0 saturated carbocycles. The maximum absolute atomic E-state index is 12.8. The van der Waals surface area contributed by atoms with Gasteiger partial charge in [-0.1, -0.05) is 37.6 Å². The van der Waals surface area contributed by atoms with E-state index < -0.39 is 11.6 Å². The van der Waals surface area contributed by atoms with Gasteiger partial charge in [-0.05, 0) is 44.4 Å². The fraction of sp³-hybridized carbons (Fsp3) is 0.529. The van der Waals surface area contributed by atoms with E-state index in [9.17, 15) is 14.7 Å². The first-order chi connectivity index (χ1) is 10.6. The number of nitrogens with one attached hydrogen (secondary N) is 1. The summed E-state index contributed by atoms with van der Waals surface area (Å²) in [5.74, 6) is -0.477. The Balaban J connectivity index is 3.02. The van der Waals surface area contributed by atoms with Crippen molar-refractivity contribution in [2.24, 2.45) is 5.92 Å². The van der Waals surface area contributed by atoms with Gasteiger partial charge < -0.3 is 10.4 Å². The number of benzene rings is 1. The van der Waals surface area contributed by atoms with Gasteiger partial charge in [-0.15, -0.1) is 0 Å². The number of hydrogen-bond acceptors (Lipinski definition) is 2. The Kier molecular flexibility index (Phi) is 6.45. The number of nitrogens with zero attached hydrogens (tertiary/aromatic N) is 1. The Morgan fingerprint density at radius 3 is 2.17 bits per heavy atom. The van der Waals surface area contributed by atoms with Crippen LogP contribution < -0.4 is 5.32 Å². The first-order valence-corrected chi connectivity index (χ1v) is 8.09. The molecule has 1 rings (SSSR count). The van der Waals surface area contributed by atoms with Gasteiger partial charge in [0.2, 0.25) is 5.91 Å². The standard InChI is InChI=1S/C17H25ClN2O3/c1-6-20(16(22)23)17(5,11(2)3)15(21)19-12(4)13-7-9-14(18)10-8-13/h7-12H,6H2,1-5H3,(H,19,21)(H,22,23). The number of halogens is 1. The van der Waals surface area contributed by atoms with Crippen LogP contribution in [0.4, 0.5) is 4.79 Å². The van der Waals surface area contributed by atoms with Crippen LogP contribution >= 0.6 is 11.6 Å². The molecule has 5 nitrogen and oxygen atoms in total. The van der Waals surface area contributed by atoms with Gasteiger partial charge in [0.15, 0.2) is 0 Å². The van der Waals surface area contributed by atoms with Crippen molar-refractivity contribution in [2.45, 2.75) is 46.2 Å². The van der Waals surface area contributed by atoms with Gasteiger partial charge in [-0.3, -0.25) is 9.69 Å². The monoisotopic (exact) mass is 340 g/mol. The molecule has 0 radical (unpaired) electrons. The second-order valence-electron chi connectivity index (χ2n) is 6.08. The molecule has 0 aromatic heterocycles. The van der Waals surface area contributed by atoms with Crippen molar-refractivity contribution in [1.29, 1.82) is 0 Å². The van der Waals surface area contributed by atoms with E-state index in [1.54, 1.807) is 26.0 Å². The lowest BCUT2D eigenvalue weighted by Crippen LogP contribution is -2.61. The van der Waals surface area contributed by atoms with Crippen molar-refractivity contribution < 1.29 is 14.7 Å². The molecule has 0 bridgehead atoms. The minimum absolute atomic E-state index is 0.170. The topological polar surface area (TPSA) is 69.6 Å². The Labute approximate surface area is 142 Å². The lowest BCUT2D eigenvalue weighted by atomic mass is 9.85. The molecular weight excluding hydrogens is 316 g/mol. The lowest BCUT2D eigenvalue weighted by Gasteiger charge is -2.41. The van der Waals surface area contributed by atoms with E-state index in [1.165, 1.54) is 4.90 Å². The molecule has 0 aliphatic carbocycles. The SMILES string of the molecule is CCN(C(=O)O)C(C)(C(=O)NC(C)c1ccc(Cl)cc1)C(C)C. The second kappa shape index (κ2) is 7.68. The maximum Gasteiger partial charge on any atom is 0.408 e. The summed E-state index contributed by atoms with van der Waals surface area (Å²) in [6.45, 7) is 9.19. The highest BCUT2D eigenvalue weighted by Gasteiger charge is 2.44. The zero-order valence-electron chi connectivity index (χ0n) is 14.3. The van der Waals surface area contributed by atoms with Gasteiger partial charge in [-0.25, -0.2) is 4.79 Å². The van der Waals surface area contributed by atoms with Crippen LogP contribution in [-0.4, -0.2) is 34.1 Å². The predicted octanol–water partition coefficient (Wildman–Crippen LogP) is 3.93. The largest absolute Gasteiger partial charge is 0.465 e. The van der Waals surface area contributed by atoms with E-state index in [1.807, 2.05) is 32.9 Å². The van der Waals surface area contributed by atoms with Crippen LogP contribution in [-0.2, 0) is 4.79 Å². The molecule has 23 heavy (non-hydrogen) atoms. The van der Waals surface area contributed by atoms with Crippen LogP contribution in [0.2, 0.25) is 5.02 Å². The van der Waals surface area contributed by atoms with Crippen LogP contribution in [0.1, 0.15) is 46.2 Å². The third-order valence-corrected chi connectivity index (χ3v) is 4.66. The number of likely N-dealkylation sites (N-methyl/N-ethyl adjacent to an activating group) is 1. The molecular formula is C17H25ClN2O3. The summed E-state index contributed by atoms with van der Waals surface area (Å²) in [6, 6.07) is 6.96. The molecule has 0 spiro atoms. The van der Waals surface area contributed by atoms with Crippen molar-refractivity contribution in [3.05, 3.63) is 34.9 Å². The average molecular weight is 341 g/mol. The minimum Gasteiger partial charge on any atom is -0.465 e. The van der Waals surface area contributed by atoms with Crippen LogP contribution in [0.25, 0.3) is 0 Å². The molecule has 6 heteroatoms. The van der Waals surface area contributed by atoms with E-state index in [-0.39, 0.29) is 24.4 Å². The van der Waals surface area contributed by atoms with E-state index in [4.69, 9.17) is 11.6 Å². The third kappa shape index (κ3) is 4.16. The molecule has 1 aromatic rings. The Morgan fingerprint density at radius 1 is 1.26 bits per heavy atom. The average Bonchev–Trinajstić information content (AvgIpc) is 2.47. The number of carbonyl (C=O) groups is 2. The zero-order chi connectivity index (χ0) is 17.8. The van der Waals surface area contributed by atoms with Crippen molar-refractivity contribution in [3.63, 3.8) is 0 Å². The summed E-state index contributed by atoms with van der Waals surface area (Å²) in [7, 11) is 0. The van der Waals surface area contributed by atoms with Crippen LogP contribution in [0, 0.1) is 5.92 Å². The van der Waals surface area contributed by atoms with Gasteiger partial charge in [0.25, 0.3) is 0 Å². The van der Waals surface area contributed by atoms with Crippen molar-refractivity contribution in [1.82, 2.24) is 10.2 Å². The highest BCUT2D eigenvalue weighted by atomic mass is 35.5. The molecule has 128 valence electrons. The Bertz CT molecular complexity index is 559. The summed E-state index contributed by atoms with van der Waals surface area (Å²) in [6.07, 6.45) is -1.10. The molecule has 0 aliphatic heterocycles. The number of rotatable bonds is 6. The minimum atomic E-state index is -1.14. The van der Waals surface area contributed by atoms with Gasteiger partial charge in [-0.2, -0.15) is 0 Å². The number of carboxylic acid groups (broad SMARTS) is 1. The van der Waals surface area contributed by atoms with Gasteiger partial charge in [0.05, 0.1) is 6.04 Å². The first-order valence-electron chi connectivity index (χ1n) is 7.71. The quantitative estimate of drug-likeness (QED) is 0.824. The molecule has 2 N–H and O–H groups in total. The molecule has 0 aliphatic rings. The normalized spacial score (nSPS) is 14.9. The van der Waals surface area contributed by atoms with E-state index in [2.05, 4.69) is 5.32 Å². The van der Waals surface area contributed by atoms with Crippen molar-refractivity contribution in [3.8, 4) is 0 Å². The number of carbonyl (C=O) groups excluding carboxylic acids is 1. The highest BCUT2D eigenvalue weighted by Crippen LogP contribution is 2.27. The number of hydrogen-bond donors (Lipinski definition) is 2. The predicted molar refractivity (Wildman–Crippen MR) is 91.7 cm³/mol. The molecule has 1 aromatic carbocycles. The molecule has 2 unspecified atom stereocenters. The molecule has 0 saturated heterocycles. The Hall–Kier alpha value is -1.75. The molecule has 2 atom stereocenters. The Morgan fingerprint density at radius 2 is 1.78 bits per heavy atom. The highest BCUT2D eigenvalue weighted by molar-refractivity contribution is 6.30. The van der Waals surface area contributed by atoms with Gasteiger partial charge in [0.1, 0.15) is 5.54 Å². The summed E-state index contributed by atoms with van der Waals surface area (Å²) in [5, 5.41) is 13.0. The summed E-state index contributed by atoms with van der Waals surface area (Å²) in [4.78, 5) is 25.5. The van der Waals surface area contributed by atoms with Gasteiger partial charge in [0, 0.05) is 11.6 Å². The first kappa shape index (κ1) is 19.3. The van der Waals surface area contributed by atoms with Crippen LogP contribution in [0.15, 0.2) is 24.3 Å². The fourth-order valence-corrected chi connectivity index (χ4v) is 2.66. The van der Waals surface area contributed by atoms with E-state index in [0.29, 0.717) is 5.02 Å². The van der Waals surface area contributed by atoms with Crippen molar-refractivity contribution >= 4 is 23.6 Å². The second-order valence-corrected chi connectivity index (χ2v) is 6.51. The molecule has 0 heterocycles. The summed E-state index contributed by atoms with van der Waals surface area (Å²) in [5.41, 5.74) is -0.228. The fourth-order valence-electron chi connectivity index (χ4n) is 2.54. The van der Waals surface area contributed by atoms with Crippen molar-refractivity contribution in [2.75, 3.05) is 6.54 Å².